The van der Waals surface area contributed by atoms with Gasteiger partial charge in [0, 0.05) is 32.6 Å². The van der Waals surface area contributed by atoms with Crippen molar-refractivity contribution in [2.75, 3.05) is 20.7 Å². The zero-order valence-corrected chi connectivity index (χ0v) is 26.1. The number of nitrogens with zero attached hydrogens (tertiary/aromatic N) is 4. The van der Waals surface area contributed by atoms with Crippen LogP contribution in [0.1, 0.15) is 48.6 Å². The molecule has 4 aromatic rings. The second-order valence-electron chi connectivity index (χ2n) is 9.48. The number of sulfonamides is 1. The number of carbonyl (C=O) groups excluding carboxylic acids is 1. The lowest BCUT2D eigenvalue weighted by molar-refractivity contribution is 0.0515. The topological polar surface area (TPSA) is 93.9 Å². The van der Waals surface area contributed by atoms with E-state index in [0.717, 1.165) is 45.4 Å². The van der Waals surface area contributed by atoms with Gasteiger partial charge >= 0.3 is 5.97 Å². The average Bonchev–Trinajstić information content (AvgIpc) is 3.60. The summed E-state index contributed by atoms with van der Waals surface area (Å²) in [5.41, 5.74) is 2.69. The average molecular weight is 611 g/mol. The number of hydrogen-bond donors (Lipinski definition) is 0. The number of thiophene rings is 1. The van der Waals surface area contributed by atoms with Crippen LogP contribution in [0.5, 0.6) is 0 Å². The number of unbranched alkanes of at least 4 members (excludes halogenated alkanes) is 1. The van der Waals surface area contributed by atoms with Crippen molar-refractivity contribution in [1.82, 2.24) is 14.5 Å². The highest BCUT2D eigenvalue weighted by Crippen LogP contribution is 2.36. The smallest absolute Gasteiger partial charge is 0.359 e. The second-order valence-corrected chi connectivity index (χ2v) is 13.3. The highest BCUT2D eigenvalue weighted by atomic mass is 32.2. The molecular formula is C30H34N4O4S3. The largest absolute Gasteiger partial charge is 0.461 e. The van der Waals surface area contributed by atoms with Crippen LogP contribution in [0.3, 0.4) is 0 Å². The van der Waals surface area contributed by atoms with Crippen LogP contribution >= 0.6 is 23.1 Å². The zero-order chi connectivity index (χ0) is 29.4. The lowest BCUT2D eigenvalue weighted by atomic mass is 10.0. The predicted molar refractivity (Wildman–Crippen MR) is 166 cm³/mol. The molecule has 0 atom stereocenters. The van der Waals surface area contributed by atoms with Crippen LogP contribution in [-0.4, -0.2) is 55.9 Å². The molecule has 0 bridgehead atoms. The molecule has 2 aromatic heterocycles. The monoisotopic (exact) mass is 610 g/mol. The third-order valence-electron chi connectivity index (χ3n) is 6.10. The number of ether oxygens (including phenoxy) is 1. The highest BCUT2D eigenvalue weighted by Gasteiger charge is 2.25. The Bertz CT molecular complexity index is 1590. The van der Waals surface area contributed by atoms with E-state index >= 15 is 0 Å². The van der Waals surface area contributed by atoms with E-state index in [1.54, 1.807) is 55.5 Å². The molecule has 8 nitrogen and oxygen atoms in total. The molecule has 4 rings (SSSR count). The number of aromatic nitrogens is 2. The lowest BCUT2D eigenvalue weighted by Crippen LogP contribution is -2.10. The van der Waals surface area contributed by atoms with Crippen molar-refractivity contribution in [3.8, 4) is 11.1 Å². The van der Waals surface area contributed by atoms with Crippen LogP contribution in [-0.2, 0) is 27.7 Å². The molecule has 0 amide bonds. The Morgan fingerprint density at radius 1 is 1.10 bits per heavy atom. The zero-order valence-electron chi connectivity index (χ0n) is 23.6. The Labute approximate surface area is 250 Å². The van der Waals surface area contributed by atoms with E-state index in [9.17, 15) is 13.2 Å². The first kappa shape index (κ1) is 30.5. The Balaban J connectivity index is 1.71. The molecule has 11 heteroatoms. The summed E-state index contributed by atoms with van der Waals surface area (Å²) in [6, 6.07) is 18.7. The van der Waals surface area contributed by atoms with Gasteiger partial charge in [0.1, 0.15) is 17.2 Å². The van der Waals surface area contributed by atoms with Crippen molar-refractivity contribution in [3.05, 3.63) is 83.1 Å². The molecule has 0 aliphatic rings. The maximum Gasteiger partial charge on any atom is 0.359 e. The van der Waals surface area contributed by atoms with Gasteiger partial charge < -0.3 is 14.2 Å². The summed E-state index contributed by atoms with van der Waals surface area (Å²) in [7, 11) is -0.439. The van der Waals surface area contributed by atoms with Crippen LogP contribution < -0.4 is 0 Å². The molecule has 0 aliphatic heterocycles. The van der Waals surface area contributed by atoms with Gasteiger partial charge in [0.2, 0.25) is 0 Å². The quantitative estimate of drug-likeness (QED) is 0.0955. The standard InChI is InChI=1S/C30H34N4O4S3/c1-5-7-13-26-32-28(30(35)38-6-2)29(40-27-14-10-19-39-27)34(26)20-22-15-17-23(18-16-22)24-11-8-9-12-25(24)41(36,37)31-21-33(3)4/h8-12,14-19,21H,5-7,13,20H2,1-4H3/b31-21+. The molecule has 0 saturated carbocycles. The number of aryl methyl sites for hydroxylation is 1. The molecule has 41 heavy (non-hydrogen) atoms. The third-order valence-corrected chi connectivity index (χ3v) is 9.53. The van der Waals surface area contributed by atoms with Gasteiger partial charge in [-0.3, -0.25) is 0 Å². The summed E-state index contributed by atoms with van der Waals surface area (Å²) in [4.78, 5) is 19.4. The van der Waals surface area contributed by atoms with Gasteiger partial charge in [-0.25, -0.2) is 9.78 Å². The first-order chi connectivity index (χ1) is 19.7. The van der Waals surface area contributed by atoms with Crippen molar-refractivity contribution in [2.45, 2.75) is 53.8 Å². The lowest BCUT2D eigenvalue weighted by Gasteiger charge is -2.13. The molecule has 0 unspecified atom stereocenters. The summed E-state index contributed by atoms with van der Waals surface area (Å²) in [6.07, 6.45) is 3.98. The van der Waals surface area contributed by atoms with E-state index in [1.165, 1.54) is 18.1 Å². The number of hydrogen-bond acceptors (Lipinski definition) is 7. The molecular weight excluding hydrogens is 577 g/mol. The van der Waals surface area contributed by atoms with Gasteiger partial charge in [0.25, 0.3) is 10.0 Å². The molecule has 2 heterocycles. The highest BCUT2D eigenvalue weighted by molar-refractivity contribution is 8.01. The molecule has 2 aromatic carbocycles. The first-order valence-corrected chi connectivity index (χ1v) is 16.5. The summed E-state index contributed by atoms with van der Waals surface area (Å²) in [5, 5.41) is 2.77. The van der Waals surface area contributed by atoms with E-state index in [4.69, 9.17) is 9.72 Å². The summed E-state index contributed by atoms with van der Waals surface area (Å²) < 4.78 is 38.3. The Morgan fingerprint density at radius 3 is 2.51 bits per heavy atom. The van der Waals surface area contributed by atoms with Crippen molar-refractivity contribution in [1.29, 1.82) is 0 Å². The number of esters is 1. The predicted octanol–water partition coefficient (Wildman–Crippen LogP) is 6.61. The molecule has 0 aliphatic carbocycles. The van der Waals surface area contributed by atoms with Gasteiger partial charge in [-0.05, 0) is 42.0 Å². The molecule has 0 spiro atoms. The van der Waals surface area contributed by atoms with Gasteiger partial charge in [-0.1, -0.05) is 73.6 Å². The van der Waals surface area contributed by atoms with Gasteiger partial charge in [0.15, 0.2) is 5.69 Å². The van der Waals surface area contributed by atoms with Gasteiger partial charge in [-0.15, -0.1) is 15.7 Å². The number of rotatable bonds is 13. The fraction of sp³-hybridized carbons (Fsp3) is 0.300. The summed E-state index contributed by atoms with van der Waals surface area (Å²) in [5.74, 6) is 0.418. The van der Waals surface area contributed by atoms with Crippen molar-refractivity contribution < 1.29 is 17.9 Å². The van der Waals surface area contributed by atoms with E-state index in [2.05, 4.69) is 15.9 Å². The van der Waals surface area contributed by atoms with E-state index in [-0.39, 0.29) is 11.5 Å². The Morgan fingerprint density at radius 2 is 1.85 bits per heavy atom. The maximum atomic E-state index is 13.0. The minimum absolute atomic E-state index is 0.149. The molecule has 0 N–H and O–H groups in total. The van der Waals surface area contributed by atoms with Crippen LogP contribution in [0.25, 0.3) is 11.1 Å². The van der Waals surface area contributed by atoms with Crippen molar-refractivity contribution >= 4 is 45.4 Å². The SMILES string of the molecule is CCCCc1nc(C(=O)OCC)c(Sc2cccs2)n1Cc1ccc(-c2ccccc2S(=O)(=O)/N=C/N(C)C)cc1. The van der Waals surface area contributed by atoms with E-state index in [1.807, 2.05) is 47.8 Å². The molecule has 0 fully saturated rings. The molecule has 0 saturated heterocycles. The molecule has 216 valence electrons. The summed E-state index contributed by atoms with van der Waals surface area (Å²) in [6.45, 7) is 4.70. The van der Waals surface area contributed by atoms with Crippen LogP contribution in [0.4, 0.5) is 0 Å². The number of carbonyl (C=O) groups is 1. The van der Waals surface area contributed by atoms with Crippen LogP contribution in [0, 0.1) is 0 Å². The number of imidazole rings is 1. The Kier molecular flexibility index (Phi) is 10.4. The van der Waals surface area contributed by atoms with Gasteiger partial charge in [-0.2, -0.15) is 8.42 Å². The van der Waals surface area contributed by atoms with E-state index < -0.39 is 16.0 Å². The fourth-order valence-corrected chi connectivity index (χ4v) is 7.17. The second kappa shape index (κ2) is 14.0. The molecule has 0 radical (unpaired) electrons. The fourth-order valence-electron chi connectivity index (χ4n) is 4.14. The maximum absolute atomic E-state index is 13.0. The van der Waals surface area contributed by atoms with Crippen LogP contribution in [0.15, 0.2) is 84.6 Å². The van der Waals surface area contributed by atoms with Crippen molar-refractivity contribution in [2.24, 2.45) is 4.40 Å². The minimum Gasteiger partial charge on any atom is -0.461 e. The normalized spacial score (nSPS) is 11.7. The first-order valence-electron chi connectivity index (χ1n) is 13.4. The van der Waals surface area contributed by atoms with Crippen LogP contribution in [0.2, 0.25) is 0 Å². The third kappa shape index (κ3) is 7.66. The summed E-state index contributed by atoms with van der Waals surface area (Å²) >= 11 is 3.13. The van der Waals surface area contributed by atoms with Gasteiger partial charge in [0.05, 0.1) is 15.7 Å². The van der Waals surface area contributed by atoms with E-state index in [0.29, 0.717) is 17.8 Å². The Hall–Kier alpha value is -3.41. The van der Waals surface area contributed by atoms with Crippen molar-refractivity contribution in [3.63, 3.8) is 0 Å². The number of benzene rings is 2. The minimum atomic E-state index is -3.88.